The fourth-order valence-electron chi connectivity index (χ4n) is 2.34. The first kappa shape index (κ1) is 17.3. The fourth-order valence-corrected chi connectivity index (χ4v) is 2.34. The zero-order valence-electron chi connectivity index (χ0n) is 14.6. The van der Waals surface area contributed by atoms with E-state index in [1.807, 2.05) is 0 Å². The van der Waals surface area contributed by atoms with Crippen LogP contribution < -0.4 is 14.2 Å². The van der Waals surface area contributed by atoms with Gasteiger partial charge in [-0.15, -0.1) is 5.11 Å². The Labute approximate surface area is 150 Å². The lowest BCUT2D eigenvalue weighted by Crippen LogP contribution is -1.89. The van der Waals surface area contributed by atoms with E-state index in [2.05, 4.69) is 10.2 Å². The van der Waals surface area contributed by atoms with Gasteiger partial charge >= 0.3 is 5.95 Å². The number of aromatic hydroxyl groups is 1. The van der Waals surface area contributed by atoms with Gasteiger partial charge in [0, 0.05) is 12.1 Å². The molecule has 0 aliphatic carbocycles. The van der Waals surface area contributed by atoms with Gasteiger partial charge in [0.25, 0.3) is 0 Å². The number of hydrogen-bond donors (Lipinski definition) is 1. The topological polar surface area (TPSA) is 85.8 Å². The molecule has 0 atom stereocenters. The number of furan rings is 1. The standard InChI is InChI=1S/C19H18N2O5/c1-23-13-6-4-12(5-7-13)20-21-16-11-18(26-19(16)22)15-9-8-14(24-2)10-17(15)25-3/h4-11,22H,1-3H3. The van der Waals surface area contributed by atoms with E-state index in [0.29, 0.717) is 28.5 Å². The van der Waals surface area contributed by atoms with Gasteiger partial charge in [-0.05, 0) is 36.4 Å². The van der Waals surface area contributed by atoms with Gasteiger partial charge in [0.15, 0.2) is 5.69 Å². The molecule has 1 heterocycles. The van der Waals surface area contributed by atoms with E-state index >= 15 is 0 Å². The molecule has 3 aromatic rings. The summed E-state index contributed by atoms with van der Waals surface area (Å²) < 4.78 is 21.0. The monoisotopic (exact) mass is 354 g/mol. The highest BCUT2D eigenvalue weighted by atomic mass is 16.5. The molecule has 0 saturated carbocycles. The van der Waals surface area contributed by atoms with E-state index in [4.69, 9.17) is 18.6 Å². The smallest absolute Gasteiger partial charge is 0.311 e. The molecule has 0 radical (unpaired) electrons. The molecule has 7 nitrogen and oxygen atoms in total. The molecule has 0 amide bonds. The number of ether oxygens (including phenoxy) is 3. The van der Waals surface area contributed by atoms with Crippen LogP contribution in [0.4, 0.5) is 11.4 Å². The predicted molar refractivity (Wildman–Crippen MR) is 96.1 cm³/mol. The molecule has 3 rings (SSSR count). The van der Waals surface area contributed by atoms with Gasteiger partial charge in [-0.1, -0.05) is 0 Å². The molecular formula is C19H18N2O5. The van der Waals surface area contributed by atoms with Crippen LogP contribution in [0.25, 0.3) is 11.3 Å². The quantitative estimate of drug-likeness (QED) is 0.623. The SMILES string of the molecule is COc1ccc(N=Nc2cc(-c3ccc(OC)cc3OC)oc2O)cc1. The first-order valence-electron chi connectivity index (χ1n) is 7.75. The summed E-state index contributed by atoms with van der Waals surface area (Å²) in [5.41, 5.74) is 1.50. The average Bonchev–Trinajstić information content (AvgIpc) is 3.06. The van der Waals surface area contributed by atoms with Crippen LogP contribution in [0.5, 0.6) is 23.2 Å². The molecule has 0 bridgehead atoms. The molecule has 1 N–H and O–H groups in total. The van der Waals surface area contributed by atoms with Crippen LogP contribution in [-0.4, -0.2) is 26.4 Å². The van der Waals surface area contributed by atoms with Gasteiger partial charge in [-0.3, -0.25) is 0 Å². The summed E-state index contributed by atoms with van der Waals surface area (Å²) in [5.74, 6) is 2.02. The van der Waals surface area contributed by atoms with Crippen LogP contribution in [0.15, 0.2) is 63.2 Å². The second-order valence-electron chi connectivity index (χ2n) is 5.27. The van der Waals surface area contributed by atoms with Crippen LogP contribution in [0, 0.1) is 0 Å². The second-order valence-corrected chi connectivity index (χ2v) is 5.27. The summed E-state index contributed by atoms with van der Waals surface area (Å²) in [4.78, 5) is 0. The predicted octanol–water partition coefficient (Wildman–Crippen LogP) is 5.09. The normalized spacial score (nSPS) is 10.9. The molecule has 134 valence electrons. The van der Waals surface area contributed by atoms with Crippen molar-refractivity contribution in [1.29, 1.82) is 0 Å². The van der Waals surface area contributed by atoms with Gasteiger partial charge in [0.1, 0.15) is 23.0 Å². The van der Waals surface area contributed by atoms with Crippen LogP contribution in [0.2, 0.25) is 0 Å². The van der Waals surface area contributed by atoms with E-state index in [-0.39, 0.29) is 11.6 Å². The Morgan fingerprint density at radius 1 is 0.808 bits per heavy atom. The lowest BCUT2D eigenvalue weighted by Gasteiger charge is -2.07. The summed E-state index contributed by atoms with van der Waals surface area (Å²) in [6.45, 7) is 0. The molecule has 0 unspecified atom stereocenters. The van der Waals surface area contributed by atoms with Gasteiger partial charge in [0.05, 0.1) is 32.6 Å². The zero-order chi connectivity index (χ0) is 18.5. The van der Waals surface area contributed by atoms with Crippen molar-refractivity contribution in [2.24, 2.45) is 10.2 Å². The lowest BCUT2D eigenvalue weighted by atomic mass is 10.1. The molecule has 2 aromatic carbocycles. The third kappa shape index (κ3) is 3.61. The van der Waals surface area contributed by atoms with Crippen molar-refractivity contribution >= 4 is 11.4 Å². The van der Waals surface area contributed by atoms with E-state index in [1.165, 1.54) is 0 Å². The molecular weight excluding hydrogens is 336 g/mol. The molecule has 0 fully saturated rings. The van der Waals surface area contributed by atoms with Crippen molar-refractivity contribution < 1.29 is 23.7 Å². The number of methoxy groups -OCH3 is 3. The van der Waals surface area contributed by atoms with Crippen molar-refractivity contribution in [1.82, 2.24) is 0 Å². The lowest BCUT2D eigenvalue weighted by molar-refractivity contribution is 0.338. The van der Waals surface area contributed by atoms with E-state index < -0.39 is 0 Å². The van der Waals surface area contributed by atoms with Crippen LogP contribution in [-0.2, 0) is 0 Å². The Kier molecular flexibility index (Phi) is 5.07. The molecule has 0 aliphatic rings. The molecule has 1 aromatic heterocycles. The summed E-state index contributed by atoms with van der Waals surface area (Å²) in [7, 11) is 4.71. The summed E-state index contributed by atoms with van der Waals surface area (Å²) in [5, 5.41) is 18.1. The zero-order valence-corrected chi connectivity index (χ0v) is 14.6. The Balaban J connectivity index is 1.88. The van der Waals surface area contributed by atoms with Gasteiger partial charge in [-0.25, -0.2) is 0 Å². The number of azo groups is 1. The van der Waals surface area contributed by atoms with Crippen molar-refractivity contribution in [2.75, 3.05) is 21.3 Å². The molecule has 7 heteroatoms. The van der Waals surface area contributed by atoms with Gasteiger partial charge < -0.3 is 23.7 Å². The number of nitrogens with zero attached hydrogens (tertiary/aromatic N) is 2. The third-order valence-corrected chi connectivity index (χ3v) is 3.71. The summed E-state index contributed by atoms with van der Waals surface area (Å²) in [6, 6.07) is 13.9. The maximum atomic E-state index is 10.0. The van der Waals surface area contributed by atoms with Crippen LogP contribution >= 0.6 is 0 Å². The van der Waals surface area contributed by atoms with E-state index in [9.17, 15) is 5.11 Å². The minimum absolute atomic E-state index is 0.216. The highest BCUT2D eigenvalue weighted by Gasteiger charge is 2.16. The van der Waals surface area contributed by atoms with E-state index in [1.54, 1.807) is 69.9 Å². The maximum Gasteiger partial charge on any atom is 0.311 e. The Morgan fingerprint density at radius 3 is 2.15 bits per heavy atom. The Morgan fingerprint density at radius 2 is 1.50 bits per heavy atom. The van der Waals surface area contributed by atoms with Crippen molar-refractivity contribution in [3.8, 4) is 34.5 Å². The summed E-state index contributed by atoms with van der Waals surface area (Å²) >= 11 is 0. The highest BCUT2D eigenvalue weighted by molar-refractivity contribution is 5.71. The van der Waals surface area contributed by atoms with Crippen LogP contribution in [0.1, 0.15) is 0 Å². The van der Waals surface area contributed by atoms with Gasteiger partial charge in [0.2, 0.25) is 0 Å². The molecule has 0 spiro atoms. The number of hydrogen-bond acceptors (Lipinski definition) is 7. The van der Waals surface area contributed by atoms with E-state index in [0.717, 1.165) is 5.75 Å². The van der Waals surface area contributed by atoms with Crippen molar-refractivity contribution in [3.05, 3.63) is 48.5 Å². The summed E-state index contributed by atoms with van der Waals surface area (Å²) in [6.07, 6.45) is 0. The molecule has 0 aliphatic heterocycles. The van der Waals surface area contributed by atoms with Crippen molar-refractivity contribution in [2.45, 2.75) is 0 Å². The number of rotatable bonds is 6. The van der Waals surface area contributed by atoms with Crippen LogP contribution in [0.3, 0.4) is 0 Å². The maximum absolute atomic E-state index is 10.0. The van der Waals surface area contributed by atoms with Gasteiger partial charge in [-0.2, -0.15) is 5.11 Å². The number of benzene rings is 2. The molecule has 26 heavy (non-hydrogen) atoms. The second kappa shape index (κ2) is 7.60. The van der Waals surface area contributed by atoms with Crippen molar-refractivity contribution in [3.63, 3.8) is 0 Å². The molecule has 0 saturated heterocycles. The minimum Gasteiger partial charge on any atom is -0.497 e. The largest absolute Gasteiger partial charge is 0.497 e. The first-order valence-corrected chi connectivity index (χ1v) is 7.75. The third-order valence-electron chi connectivity index (χ3n) is 3.71. The average molecular weight is 354 g/mol. The Bertz CT molecular complexity index is 916. The highest BCUT2D eigenvalue weighted by Crippen LogP contribution is 2.41. The Hall–Kier alpha value is -3.48. The fraction of sp³-hybridized carbons (Fsp3) is 0.158. The minimum atomic E-state index is -0.324. The first-order chi connectivity index (χ1) is 12.6.